The third-order valence-corrected chi connectivity index (χ3v) is 4.60. The number of hydrogen-bond donors (Lipinski definition) is 0. The number of hydrogen-bond acceptors (Lipinski definition) is 1. The highest BCUT2D eigenvalue weighted by Crippen LogP contribution is 2.28. The molecule has 2 aromatic carbocycles. The number of unbranched alkanes of at least 4 members (excludes halogenated alkanes) is 3. The number of nitrogens with zero attached hydrogens (tertiary/aromatic N) is 2. The van der Waals surface area contributed by atoms with Crippen LogP contribution < -0.4 is 0 Å². The van der Waals surface area contributed by atoms with Crippen molar-refractivity contribution in [2.45, 2.75) is 32.2 Å². The summed E-state index contributed by atoms with van der Waals surface area (Å²) in [5, 5.41) is 4.51. The molecule has 0 aliphatic heterocycles. The van der Waals surface area contributed by atoms with Gasteiger partial charge in [-0.05, 0) is 40.9 Å². The molecule has 2 nitrogen and oxygen atoms in total. The Hall–Kier alpha value is -2.31. The fourth-order valence-electron chi connectivity index (χ4n) is 2.75. The second-order valence-corrected chi connectivity index (χ2v) is 6.76. The summed E-state index contributed by atoms with van der Waals surface area (Å²) in [4.78, 5) is 0. The fraction of sp³-hybridized carbons (Fsp3) is 0.227. The largest absolute Gasteiger partial charge is 0.264 e. The van der Waals surface area contributed by atoms with Gasteiger partial charge < -0.3 is 0 Å². The van der Waals surface area contributed by atoms with E-state index in [0.29, 0.717) is 0 Å². The number of rotatable bonds is 6. The standard InChI is InChI=1S/C22H21BrN2/c23-21-18-24-25(22(21)20-15-9-5-10-16-20)17-11-3-1-2-6-12-19-13-7-4-8-14-19/h4-5,7-10,13-16,18H,1-3,11,17H2. The van der Waals surface area contributed by atoms with Gasteiger partial charge in [-0.25, -0.2) is 0 Å². The van der Waals surface area contributed by atoms with Gasteiger partial charge in [0, 0.05) is 24.1 Å². The summed E-state index contributed by atoms with van der Waals surface area (Å²) in [7, 11) is 0. The highest BCUT2D eigenvalue weighted by Gasteiger charge is 2.10. The molecule has 0 aliphatic carbocycles. The van der Waals surface area contributed by atoms with Gasteiger partial charge in [0.1, 0.15) is 0 Å². The molecular formula is C22H21BrN2. The van der Waals surface area contributed by atoms with E-state index in [2.05, 4.69) is 61.8 Å². The Labute approximate surface area is 158 Å². The van der Waals surface area contributed by atoms with Gasteiger partial charge in [-0.15, -0.1) is 0 Å². The summed E-state index contributed by atoms with van der Waals surface area (Å²) in [6.45, 7) is 0.932. The van der Waals surface area contributed by atoms with Gasteiger partial charge in [0.05, 0.1) is 16.4 Å². The second-order valence-electron chi connectivity index (χ2n) is 5.91. The minimum absolute atomic E-state index is 0.932. The first kappa shape index (κ1) is 17.5. The molecule has 0 unspecified atom stereocenters. The quantitative estimate of drug-likeness (QED) is 0.375. The van der Waals surface area contributed by atoms with Gasteiger partial charge in [-0.3, -0.25) is 4.68 Å². The van der Waals surface area contributed by atoms with Gasteiger partial charge in [0.25, 0.3) is 0 Å². The third-order valence-electron chi connectivity index (χ3n) is 4.02. The fourth-order valence-corrected chi connectivity index (χ4v) is 3.28. The molecule has 3 heteroatoms. The van der Waals surface area contributed by atoms with E-state index in [-0.39, 0.29) is 0 Å². The van der Waals surface area contributed by atoms with E-state index in [1.54, 1.807) is 0 Å². The maximum Gasteiger partial charge on any atom is 0.0824 e. The molecule has 0 amide bonds. The summed E-state index contributed by atoms with van der Waals surface area (Å²) in [6, 6.07) is 20.6. The number of aryl methyl sites for hydroxylation is 1. The second kappa shape index (κ2) is 9.25. The minimum Gasteiger partial charge on any atom is -0.264 e. The molecule has 126 valence electrons. The molecule has 3 rings (SSSR count). The first-order valence-corrected chi connectivity index (χ1v) is 9.44. The molecule has 0 atom stereocenters. The zero-order chi connectivity index (χ0) is 17.3. The van der Waals surface area contributed by atoms with E-state index in [1.165, 1.54) is 5.56 Å². The summed E-state index contributed by atoms with van der Waals surface area (Å²) < 4.78 is 3.14. The van der Waals surface area contributed by atoms with Gasteiger partial charge in [0.15, 0.2) is 0 Å². The van der Waals surface area contributed by atoms with E-state index < -0.39 is 0 Å². The Kier molecular flexibility index (Phi) is 6.48. The van der Waals surface area contributed by atoms with Crippen LogP contribution in [0.15, 0.2) is 71.3 Å². The number of benzene rings is 2. The monoisotopic (exact) mass is 392 g/mol. The molecule has 0 N–H and O–H groups in total. The normalized spacial score (nSPS) is 10.3. The van der Waals surface area contributed by atoms with Crippen molar-refractivity contribution in [2.75, 3.05) is 0 Å². The Morgan fingerprint density at radius 3 is 2.36 bits per heavy atom. The van der Waals surface area contributed by atoms with Gasteiger partial charge in [0.2, 0.25) is 0 Å². The van der Waals surface area contributed by atoms with Crippen LogP contribution in [0.1, 0.15) is 31.2 Å². The molecule has 0 saturated heterocycles. The SMILES string of the molecule is Brc1cnn(CCCCCC#Cc2ccccc2)c1-c1ccccc1. The Bertz CT molecular complexity index is 842. The van der Waals surface area contributed by atoms with E-state index >= 15 is 0 Å². The van der Waals surface area contributed by atoms with Crippen LogP contribution in [0.3, 0.4) is 0 Å². The van der Waals surface area contributed by atoms with Gasteiger partial charge in [-0.1, -0.05) is 66.8 Å². The molecular weight excluding hydrogens is 372 g/mol. The topological polar surface area (TPSA) is 17.8 Å². The van der Waals surface area contributed by atoms with Crippen molar-refractivity contribution in [1.29, 1.82) is 0 Å². The van der Waals surface area contributed by atoms with Crippen molar-refractivity contribution in [3.8, 4) is 23.1 Å². The zero-order valence-corrected chi connectivity index (χ0v) is 15.7. The summed E-state index contributed by atoms with van der Waals surface area (Å²) >= 11 is 3.62. The lowest BCUT2D eigenvalue weighted by Crippen LogP contribution is -2.02. The Balaban J connectivity index is 1.47. The first-order chi connectivity index (χ1) is 12.3. The molecule has 1 heterocycles. The van der Waals surface area contributed by atoms with Crippen molar-refractivity contribution in [3.63, 3.8) is 0 Å². The minimum atomic E-state index is 0.932. The average Bonchev–Trinajstić information content (AvgIpc) is 3.03. The smallest absolute Gasteiger partial charge is 0.0824 e. The Morgan fingerprint density at radius 2 is 1.60 bits per heavy atom. The van der Waals surface area contributed by atoms with Crippen molar-refractivity contribution in [1.82, 2.24) is 9.78 Å². The summed E-state index contributed by atoms with van der Waals surface area (Å²) in [5.41, 5.74) is 3.45. The van der Waals surface area contributed by atoms with E-state index in [0.717, 1.165) is 48.0 Å². The lowest BCUT2D eigenvalue weighted by molar-refractivity contribution is 0.552. The highest BCUT2D eigenvalue weighted by molar-refractivity contribution is 9.10. The summed E-state index contributed by atoms with van der Waals surface area (Å²) in [6.07, 6.45) is 6.23. The van der Waals surface area contributed by atoms with E-state index in [1.807, 2.05) is 42.6 Å². The lowest BCUT2D eigenvalue weighted by atomic mass is 10.1. The summed E-state index contributed by atoms with van der Waals surface area (Å²) in [5.74, 6) is 6.48. The highest BCUT2D eigenvalue weighted by atomic mass is 79.9. The van der Waals surface area contributed by atoms with Crippen LogP contribution in [0.2, 0.25) is 0 Å². The van der Waals surface area contributed by atoms with Crippen LogP contribution in [0.4, 0.5) is 0 Å². The van der Waals surface area contributed by atoms with Crippen LogP contribution in [-0.2, 0) is 6.54 Å². The zero-order valence-electron chi connectivity index (χ0n) is 14.2. The predicted molar refractivity (Wildman–Crippen MR) is 107 cm³/mol. The lowest BCUT2D eigenvalue weighted by Gasteiger charge is -2.08. The van der Waals surface area contributed by atoms with Crippen molar-refractivity contribution in [2.24, 2.45) is 0 Å². The molecule has 0 saturated carbocycles. The maximum absolute atomic E-state index is 4.51. The molecule has 0 bridgehead atoms. The molecule has 0 spiro atoms. The van der Waals surface area contributed by atoms with Gasteiger partial charge >= 0.3 is 0 Å². The van der Waals surface area contributed by atoms with E-state index in [9.17, 15) is 0 Å². The Morgan fingerprint density at radius 1 is 0.880 bits per heavy atom. The van der Waals surface area contributed by atoms with Crippen molar-refractivity contribution >= 4 is 15.9 Å². The molecule has 0 radical (unpaired) electrons. The molecule has 0 fully saturated rings. The third kappa shape index (κ3) is 5.08. The average molecular weight is 393 g/mol. The van der Waals surface area contributed by atoms with Crippen LogP contribution in [0, 0.1) is 11.8 Å². The molecule has 0 aliphatic rings. The van der Waals surface area contributed by atoms with Gasteiger partial charge in [-0.2, -0.15) is 5.10 Å². The molecule has 25 heavy (non-hydrogen) atoms. The first-order valence-electron chi connectivity index (χ1n) is 8.65. The van der Waals surface area contributed by atoms with Crippen molar-refractivity contribution in [3.05, 3.63) is 76.9 Å². The van der Waals surface area contributed by atoms with E-state index in [4.69, 9.17) is 0 Å². The van der Waals surface area contributed by atoms with Crippen LogP contribution in [0.5, 0.6) is 0 Å². The molecule has 3 aromatic rings. The van der Waals surface area contributed by atoms with Crippen LogP contribution >= 0.6 is 15.9 Å². The maximum atomic E-state index is 4.51. The van der Waals surface area contributed by atoms with Crippen LogP contribution in [0.25, 0.3) is 11.3 Å². The van der Waals surface area contributed by atoms with Crippen LogP contribution in [-0.4, -0.2) is 9.78 Å². The number of aromatic nitrogens is 2. The predicted octanol–water partition coefficient (Wildman–Crippen LogP) is 5.92. The van der Waals surface area contributed by atoms with Crippen molar-refractivity contribution < 1.29 is 0 Å². The number of halogens is 1. The molecule has 1 aromatic heterocycles.